The van der Waals surface area contributed by atoms with Crippen molar-refractivity contribution in [3.63, 3.8) is 0 Å². The molecule has 0 aliphatic heterocycles. The molecule has 5 heteroatoms. The van der Waals surface area contributed by atoms with E-state index < -0.39 is 17.8 Å². The lowest BCUT2D eigenvalue weighted by molar-refractivity contribution is 0.0912. The summed E-state index contributed by atoms with van der Waals surface area (Å²) in [5.74, 6) is -1.32. The van der Waals surface area contributed by atoms with Gasteiger partial charge in [0.15, 0.2) is 0 Å². The van der Waals surface area contributed by atoms with E-state index in [4.69, 9.17) is 11.6 Å². The monoisotopic (exact) mass is 307 g/mol. The van der Waals surface area contributed by atoms with Gasteiger partial charge in [-0.05, 0) is 24.1 Å². The van der Waals surface area contributed by atoms with Crippen LogP contribution in [-0.2, 0) is 6.42 Å². The molecule has 1 unspecified atom stereocenters. The van der Waals surface area contributed by atoms with Gasteiger partial charge in [-0.15, -0.1) is 0 Å². The number of hydrogen-bond donors (Lipinski definition) is 2. The number of carbonyl (C=O) groups excluding carboxylic acids is 1. The van der Waals surface area contributed by atoms with Crippen molar-refractivity contribution in [2.75, 3.05) is 6.61 Å². The van der Waals surface area contributed by atoms with Crippen molar-refractivity contribution >= 4 is 17.5 Å². The summed E-state index contributed by atoms with van der Waals surface area (Å²) < 4.78 is 13.7. The molecular weight excluding hydrogens is 293 g/mol. The number of aliphatic hydroxyl groups excluding tert-OH is 1. The van der Waals surface area contributed by atoms with Crippen LogP contribution in [0.15, 0.2) is 48.5 Å². The van der Waals surface area contributed by atoms with E-state index in [0.29, 0.717) is 6.42 Å². The Kier molecular flexibility index (Phi) is 5.31. The summed E-state index contributed by atoms with van der Waals surface area (Å²) >= 11 is 5.85. The second-order valence-electron chi connectivity index (χ2n) is 4.64. The molecule has 2 rings (SSSR count). The standard InChI is InChI=1S/C16H15ClFNO2/c17-13-7-4-8-14(18)15(13)16(21)19-12(10-20)9-11-5-2-1-3-6-11/h1-8,12,20H,9-10H2,(H,19,21). The molecule has 1 amide bonds. The number of benzene rings is 2. The molecule has 21 heavy (non-hydrogen) atoms. The average molecular weight is 308 g/mol. The highest BCUT2D eigenvalue weighted by Gasteiger charge is 2.19. The number of carbonyl (C=O) groups is 1. The van der Waals surface area contributed by atoms with Crippen molar-refractivity contribution in [3.05, 3.63) is 70.5 Å². The van der Waals surface area contributed by atoms with Crippen molar-refractivity contribution < 1.29 is 14.3 Å². The van der Waals surface area contributed by atoms with Gasteiger partial charge in [0.05, 0.1) is 23.2 Å². The third-order valence-electron chi connectivity index (χ3n) is 3.07. The van der Waals surface area contributed by atoms with Crippen LogP contribution in [0.4, 0.5) is 4.39 Å². The molecule has 0 spiro atoms. The number of rotatable bonds is 5. The fourth-order valence-electron chi connectivity index (χ4n) is 2.03. The van der Waals surface area contributed by atoms with Crippen molar-refractivity contribution in [3.8, 4) is 0 Å². The first-order valence-electron chi connectivity index (χ1n) is 6.51. The fourth-order valence-corrected chi connectivity index (χ4v) is 2.28. The van der Waals surface area contributed by atoms with Crippen LogP contribution in [-0.4, -0.2) is 23.7 Å². The minimum absolute atomic E-state index is 0.0453. The molecule has 3 nitrogen and oxygen atoms in total. The third kappa shape index (κ3) is 4.03. The van der Waals surface area contributed by atoms with Gasteiger partial charge in [0.1, 0.15) is 5.82 Å². The topological polar surface area (TPSA) is 49.3 Å². The van der Waals surface area contributed by atoms with Crippen LogP contribution in [0, 0.1) is 5.82 Å². The lowest BCUT2D eigenvalue weighted by Crippen LogP contribution is -2.39. The number of halogens is 2. The van der Waals surface area contributed by atoms with Crippen molar-refractivity contribution in [2.24, 2.45) is 0 Å². The first-order chi connectivity index (χ1) is 10.1. The molecule has 2 aromatic carbocycles. The van der Waals surface area contributed by atoms with Crippen molar-refractivity contribution in [2.45, 2.75) is 12.5 Å². The van der Waals surface area contributed by atoms with Crippen LogP contribution in [0.3, 0.4) is 0 Å². The van der Waals surface area contributed by atoms with Crippen LogP contribution in [0.25, 0.3) is 0 Å². The summed E-state index contributed by atoms with van der Waals surface area (Å²) in [6.07, 6.45) is 0.454. The molecule has 0 aromatic heterocycles. The first-order valence-corrected chi connectivity index (χ1v) is 6.89. The van der Waals surface area contributed by atoms with E-state index in [0.717, 1.165) is 5.56 Å². The second-order valence-corrected chi connectivity index (χ2v) is 5.05. The largest absolute Gasteiger partial charge is 0.394 e. The quantitative estimate of drug-likeness (QED) is 0.892. The van der Waals surface area contributed by atoms with Gasteiger partial charge in [-0.25, -0.2) is 4.39 Å². The Morgan fingerprint density at radius 2 is 1.90 bits per heavy atom. The van der Waals surface area contributed by atoms with Gasteiger partial charge in [0.25, 0.3) is 5.91 Å². The van der Waals surface area contributed by atoms with E-state index in [1.54, 1.807) is 0 Å². The highest BCUT2D eigenvalue weighted by Crippen LogP contribution is 2.19. The molecule has 1 atom stereocenters. The van der Waals surface area contributed by atoms with E-state index in [9.17, 15) is 14.3 Å². The maximum absolute atomic E-state index is 13.7. The minimum Gasteiger partial charge on any atom is -0.394 e. The van der Waals surface area contributed by atoms with E-state index in [1.807, 2.05) is 30.3 Å². The van der Waals surface area contributed by atoms with Gasteiger partial charge in [-0.1, -0.05) is 48.0 Å². The molecule has 0 saturated carbocycles. The van der Waals surface area contributed by atoms with Crippen molar-refractivity contribution in [1.29, 1.82) is 0 Å². The van der Waals surface area contributed by atoms with Crippen LogP contribution >= 0.6 is 11.6 Å². The molecule has 0 fully saturated rings. The predicted octanol–water partition coefficient (Wildman–Crippen LogP) is 2.81. The van der Waals surface area contributed by atoms with Crippen molar-refractivity contribution in [1.82, 2.24) is 5.32 Å². The Bertz CT molecular complexity index is 599. The minimum atomic E-state index is -0.684. The molecule has 0 heterocycles. The zero-order chi connectivity index (χ0) is 15.2. The number of aliphatic hydroxyl groups is 1. The first kappa shape index (κ1) is 15.5. The highest BCUT2D eigenvalue weighted by atomic mass is 35.5. The van der Waals surface area contributed by atoms with Gasteiger partial charge in [0, 0.05) is 0 Å². The third-order valence-corrected chi connectivity index (χ3v) is 3.39. The van der Waals surface area contributed by atoms with Crippen LogP contribution in [0.2, 0.25) is 5.02 Å². The summed E-state index contributed by atoms with van der Waals surface area (Å²) in [4.78, 5) is 12.1. The normalized spacial score (nSPS) is 12.0. The Balaban J connectivity index is 2.10. The summed E-state index contributed by atoms with van der Waals surface area (Å²) in [6.45, 7) is -0.243. The molecule has 0 radical (unpaired) electrons. The van der Waals surface area contributed by atoms with Gasteiger partial charge in [-0.3, -0.25) is 4.79 Å². The van der Waals surface area contributed by atoms with Crippen LogP contribution < -0.4 is 5.32 Å². The van der Waals surface area contributed by atoms with Crippen LogP contribution in [0.5, 0.6) is 0 Å². The summed E-state index contributed by atoms with van der Waals surface area (Å²) in [5, 5.41) is 12.0. The molecule has 0 aliphatic carbocycles. The van der Waals surface area contributed by atoms with E-state index in [-0.39, 0.29) is 17.2 Å². The molecule has 2 aromatic rings. The highest BCUT2D eigenvalue weighted by molar-refractivity contribution is 6.33. The van der Waals surface area contributed by atoms with Gasteiger partial charge in [0.2, 0.25) is 0 Å². The lowest BCUT2D eigenvalue weighted by Gasteiger charge is -2.17. The van der Waals surface area contributed by atoms with Gasteiger partial charge < -0.3 is 10.4 Å². The van der Waals surface area contributed by atoms with E-state index in [1.165, 1.54) is 18.2 Å². The fraction of sp³-hybridized carbons (Fsp3) is 0.188. The second kappa shape index (κ2) is 7.20. The maximum Gasteiger partial charge on any atom is 0.256 e. The average Bonchev–Trinajstić information content (AvgIpc) is 2.47. The lowest BCUT2D eigenvalue weighted by atomic mass is 10.1. The van der Waals surface area contributed by atoms with Gasteiger partial charge in [-0.2, -0.15) is 0 Å². The SMILES string of the molecule is O=C(NC(CO)Cc1ccccc1)c1c(F)cccc1Cl. The van der Waals surface area contributed by atoms with E-state index >= 15 is 0 Å². The number of nitrogens with one attached hydrogen (secondary N) is 1. The smallest absolute Gasteiger partial charge is 0.256 e. The Hall–Kier alpha value is -1.91. The Morgan fingerprint density at radius 1 is 1.19 bits per heavy atom. The maximum atomic E-state index is 13.7. The molecule has 0 aliphatic rings. The molecule has 2 N–H and O–H groups in total. The Labute approximate surface area is 127 Å². The zero-order valence-electron chi connectivity index (χ0n) is 11.2. The van der Waals surface area contributed by atoms with Gasteiger partial charge >= 0.3 is 0 Å². The van der Waals surface area contributed by atoms with E-state index in [2.05, 4.69) is 5.32 Å². The molecule has 110 valence electrons. The molecular formula is C16H15ClFNO2. The predicted molar refractivity (Wildman–Crippen MR) is 79.9 cm³/mol. The summed E-state index contributed by atoms with van der Waals surface area (Å²) in [5.41, 5.74) is 0.766. The zero-order valence-corrected chi connectivity index (χ0v) is 12.0. The number of amides is 1. The Morgan fingerprint density at radius 3 is 2.52 bits per heavy atom. The summed E-state index contributed by atoms with van der Waals surface area (Å²) in [6, 6.07) is 13.0. The van der Waals surface area contributed by atoms with Crippen LogP contribution in [0.1, 0.15) is 15.9 Å². The molecule has 0 bridgehead atoms. The summed E-state index contributed by atoms with van der Waals surface area (Å²) in [7, 11) is 0. The number of hydrogen-bond acceptors (Lipinski definition) is 2. The molecule has 0 saturated heterocycles.